The number of aliphatic hydroxyl groups is 1. The Kier molecular flexibility index (Phi) is 14.7. The van der Waals surface area contributed by atoms with Gasteiger partial charge in [-0.3, -0.25) is 14.4 Å². The summed E-state index contributed by atoms with van der Waals surface area (Å²) in [4.78, 5) is 40.1. The summed E-state index contributed by atoms with van der Waals surface area (Å²) < 4.78 is 11.8. The van der Waals surface area contributed by atoms with Gasteiger partial charge in [-0.25, -0.2) is 0 Å². The molecule has 49 heavy (non-hydrogen) atoms. The van der Waals surface area contributed by atoms with Gasteiger partial charge in [-0.1, -0.05) is 97.8 Å². The van der Waals surface area contributed by atoms with Gasteiger partial charge in [0.25, 0.3) is 0 Å². The molecule has 0 heterocycles. The van der Waals surface area contributed by atoms with Crippen molar-refractivity contribution >= 4 is 17.8 Å². The molecule has 3 N–H and O–H groups in total. The van der Waals surface area contributed by atoms with E-state index in [1.165, 1.54) is 0 Å². The molecule has 0 aliphatic heterocycles. The van der Waals surface area contributed by atoms with E-state index in [4.69, 9.17) is 9.47 Å². The number of ether oxygens (including phenoxy) is 2. The third-order valence-corrected chi connectivity index (χ3v) is 9.06. The van der Waals surface area contributed by atoms with E-state index >= 15 is 0 Å². The molecule has 3 aromatic carbocycles. The molecular weight excluding hydrogens is 616 g/mol. The Morgan fingerprint density at radius 1 is 0.796 bits per heavy atom. The van der Waals surface area contributed by atoms with Crippen LogP contribution < -0.4 is 15.4 Å². The number of benzene rings is 3. The molecular formula is C41H50N2O6. The lowest BCUT2D eigenvalue weighted by Crippen LogP contribution is -2.50. The number of carbonyl (C=O) groups excluding carboxylic acids is 3. The van der Waals surface area contributed by atoms with Crippen molar-refractivity contribution in [3.63, 3.8) is 0 Å². The van der Waals surface area contributed by atoms with Crippen molar-refractivity contribution in [1.29, 1.82) is 0 Å². The minimum absolute atomic E-state index is 0.0418. The molecule has 3 aromatic rings. The van der Waals surface area contributed by atoms with E-state index in [2.05, 4.69) is 23.8 Å². The lowest BCUT2D eigenvalue weighted by Gasteiger charge is -2.29. The zero-order chi connectivity index (χ0) is 34.9. The van der Waals surface area contributed by atoms with Crippen molar-refractivity contribution in [3.05, 3.63) is 127 Å². The summed E-state index contributed by atoms with van der Waals surface area (Å²) in [5.74, 6) is -1.33. The van der Waals surface area contributed by atoms with Gasteiger partial charge in [0.2, 0.25) is 11.8 Å². The highest BCUT2D eigenvalue weighted by molar-refractivity contribution is 5.86. The van der Waals surface area contributed by atoms with Crippen molar-refractivity contribution in [2.75, 3.05) is 13.2 Å². The van der Waals surface area contributed by atoms with Gasteiger partial charge in [-0.05, 0) is 67.3 Å². The maximum atomic E-state index is 13.7. The fraction of sp³-hybridized carbons (Fsp3) is 0.390. The van der Waals surface area contributed by atoms with Gasteiger partial charge in [0, 0.05) is 6.42 Å². The molecule has 4 rings (SSSR count). The lowest BCUT2D eigenvalue weighted by atomic mass is 9.95. The normalized spacial score (nSPS) is 15.3. The van der Waals surface area contributed by atoms with Gasteiger partial charge >= 0.3 is 5.97 Å². The van der Waals surface area contributed by atoms with Crippen LogP contribution in [0.2, 0.25) is 0 Å². The van der Waals surface area contributed by atoms with E-state index < -0.39 is 23.4 Å². The molecule has 0 saturated heterocycles. The van der Waals surface area contributed by atoms with Crippen LogP contribution >= 0.6 is 0 Å². The third-order valence-electron chi connectivity index (χ3n) is 9.06. The first kappa shape index (κ1) is 37.1. The molecule has 0 aromatic heterocycles. The second kappa shape index (κ2) is 19.3. The smallest absolute Gasteiger partial charge is 0.309 e. The SMILES string of the molecule is C=CC[C@H](CC(=O)NC1(CO)CCCC1)C(=O)N[C@H](COC(=O)[C@H](CC=C)Cc1ccccc1)Cc1ccc(OCc2ccccc2)cc1. The fourth-order valence-electron chi connectivity index (χ4n) is 6.31. The number of amides is 2. The van der Waals surface area contributed by atoms with Gasteiger partial charge in [0.15, 0.2) is 0 Å². The number of nitrogens with one attached hydrogen (secondary N) is 2. The largest absolute Gasteiger partial charge is 0.489 e. The molecule has 1 fully saturated rings. The van der Waals surface area contributed by atoms with Gasteiger partial charge < -0.3 is 25.2 Å². The molecule has 1 aliphatic rings. The van der Waals surface area contributed by atoms with E-state index in [-0.39, 0.29) is 37.4 Å². The lowest BCUT2D eigenvalue weighted by molar-refractivity contribution is -0.149. The second-order valence-electron chi connectivity index (χ2n) is 13.0. The Morgan fingerprint density at radius 3 is 2.00 bits per heavy atom. The quantitative estimate of drug-likeness (QED) is 0.0968. The molecule has 8 heteroatoms. The van der Waals surface area contributed by atoms with Gasteiger partial charge in [-0.15, -0.1) is 13.2 Å². The van der Waals surface area contributed by atoms with Crippen molar-refractivity contribution in [3.8, 4) is 5.75 Å². The van der Waals surface area contributed by atoms with Crippen molar-refractivity contribution in [2.24, 2.45) is 11.8 Å². The molecule has 1 saturated carbocycles. The zero-order valence-corrected chi connectivity index (χ0v) is 28.4. The van der Waals surface area contributed by atoms with E-state index in [0.29, 0.717) is 50.9 Å². The Labute approximate surface area is 290 Å². The standard InChI is InChI=1S/C41H50N2O6/c1-3-13-34(27-38(45)43-41(30-44)23-11-12-24-41)39(46)42-36(29-49-40(47)35(14-4-2)25-31-15-7-5-8-16-31)26-32-19-21-37(22-20-32)48-28-33-17-9-6-10-18-33/h3-10,15-22,34-36,44H,1-2,11-14,23-30H2,(H,42,46)(H,43,45)/t34-,35-,36+/m1/s1. The molecule has 0 radical (unpaired) electrons. The van der Waals surface area contributed by atoms with Crippen molar-refractivity contribution in [1.82, 2.24) is 10.6 Å². The third kappa shape index (κ3) is 12.1. The Morgan fingerprint density at radius 2 is 1.39 bits per heavy atom. The Bertz CT molecular complexity index is 1490. The highest BCUT2D eigenvalue weighted by atomic mass is 16.5. The van der Waals surface area contributed by atoms with Crippen LogP contribution in [0.15, 0.2) is 110 Å². The van der Waals surface area contributed by atoms with Crippen LogP contribution in [0.25, 0.3) is 0 Å². The van der Waals surface area contributed by atoms with Gasteiger partial charge in [0.1, 0.15) is 19.0 Å². The molecule has 2 amide bonds. The summed E-state index contributed by atoms with van der Waals surface area (Å²) in [6, 6.07) is 26.8. The minimum atomic E-state index is -0.673. The van der Waals surface area contributed by atoms with Crippen LogP contribution in [0.1, 0.15) is 61.6 Å². The van der Waals surface area contributed by atoms with E-state index in [0.717, 1.165) is 29.5 Å². The first-order chi connectivity index (χ1) is 23.8. The molecule has 3 atom stereocenters. The van der Waals surface area contributed by atoms with Crippen LogP contribution in [0.3, 0.4) is 0 Å². The Hall–Kier alpha value is -4.69. The van der Waals surface area contributed by atoms with Crippen molar-refractivity contribution < 1.29 is 29.0 Å². The summed E-state index contributed by atoms with van der Waals surface area (Å²) in [6.07, 6.45) is 8.27. The first-order valence-electron chi connectivity index (χ1n) is 17.2. The molecule has 0 spiro atoms. The zero-order valence-electron chi connectivity index (χ0n) is 28.4. The van der Waals surface area contributed by atoms with Crippen LogP contribution in [0, 0.1) is 11.8 Å². The summed E-state index contributed by atoms with van der Waals surface area (Å²) in [5.41, 5.74) is 2.39. The van der Waals surface area contributed by atoms with Gasteiger partial charge in [0.05, 0.1) is 30.0 Å². The number of hydrogen-bond acceptors (Lipinski definition) is 6. The predicted octanol–water partition coefficient (Wildman–Crippen LogP) is 6.27. The highest BCUT2D eigenvalue weighted by Gasteiger charge is 2.35. The molecule has 8 nitrogen and oxygen atoms in total. The number of allylic oxidation sites excluding steroid dienone is 2. The van der Waals surface area contributed by atoms with Crippen molar-refractivity contribution in [2.45, 2.75) is 76.0 Å². The van der Waals surface area contributed by atoms with Crippen LogP contribution in [-0.4, -0.2) is 47.7 Å². The molecule has 1 aliphatic carbocycles. The molecule has 0 bridgehead atoms. The average molecular weight is 667 g/mol. The molecule has 260 valence electrons. The van der Waals surface area contributed by atoms with E-state index in [1.807, 2.05) is 84.9 Å². The average Bonchev–Trinajstić information content (AvgIpc) is 3.59. The van der Waals surface area contributed by atoms with Crippen LogP contribution in [0.5, 0.6) is 5.75 Å². The maximum Gasteiger partial charge on any atom is 0.309 e. The highest BCUT2D eigenvalue weighted by Crippen LogP contribution is 2.29. The summed E-state index contributed by atoms with van der Waals surface area (Å²) in [7, 11) is 0. The van der Waals surface area contributed by atoms with E-state index in [9.17, 15) is 19.5 Å². The molecule has 0 unspecified atom stereocenters. The fourth-order valence-corrected chi connectivity index (χ4v) is 6.31. The number of rotatable bonds is 20. The first-order valence-corrected chi connectivity index (χ1v) is 17.2. The number of carbonyl (C=O) groups is 3. The predicted molar refractivity (Wildman–Crippen MR) is 192 cm³/mol. The Balaban J connectivity index is 1.44. The summed E-state index contributed by atoms with van der Waals surface area (Å²) in [5, 5.41) is 16.0. The summed E-state index contributed by atoms with van der Waals surface area (Å²) in [6.45, 7) is 7.90. The van der Waals surface area contributed by atoms with Gasteiger partial charge in [-0.2, -0.15) is 0 Å². The second-order valence-corrected chi connectivity index (χ2v) is 13.0. The monoisotopic (exact) mass is 666 g/mol. The topological polar surface area (TPSA) is 114 Å². The van der Waals surface area contributed by atoms with Crippen LogP contribution in [-0.2, 0) is 38.6 Å². The number of hydrogen-bond donors (Lipinski definition) is 3. The van der Waals surface area contributed by atoms with Crippen LogP contribution in [0.4, 0.5) is 0 Å². The minimum Gasteiger partial charge on any atom is -0.489 e. The van der Waals surface area contributed by atoms with E-state index in [1.54, 1.807) is 12.2 Å². The number of esters is 1. The summed E-state index contributed by atoms with van der Waals surface area (Å²) >= 11 is 0. The maximum absolute atomic E-state index is 13.7. The number of aliphatic hydroxyl groups excluding tert-OH is 1.